The molecule has 0 aliphatic heterocycles. The highest BCUT2D eigenvalue weighted by Gasteiger charge is 2.13. The molecule has 0 saturated carbocycles. The molecule has 2 N–H and O–H groups in total. The van der Waals surface area contributed by atoms with Gasteiger partial charge in [0.05, 0.1) is 18.7 Å². The molecule has 0 bridgehead atoms. The molecule has 0 saturated heterocycles. The fourth-order valence-corrected chi connectivity index (χ4v) is 2.82. The van der Waals surface area contributed by atoms with Crippen molar-refractivity contribution in [3.8, 4) is 5.75 Å². The van der Waals surface area contributed by atoms with Gasteiger partial charge in [0.15, 0.2) is 0 Å². The molecule has 0 aliphatic carbocycles. The summed E-state index contributed by atoms with van der Waals surface area (Å²) in [5, 5.41) is 6.46. The van der Waals surface area contributed by atoms with Crippen LogP contribution < -0.4 is 15.4 Å². The first kappa shape index (κ1) is 20.1. The maximum absolute atomic E-state index is 12.2. The lowest BCUT2D eigenvalue weighted by atomic mass is 10.1. The van der Waals surface area contributed by atoms with Gasteiger partial charge in [-0.1, -0.05) is 41.4 Å². The molecule has 0 heterocycles. The van der Waals surface area contributed by atoms with E-state index in [1.807, 2.05) is 13.0 Å². The number of hydrogen-bond acceptors (Lipinski definition) is 3. The second-order valence-electron chi connectivity index (χ2n) is 5.45. The van der Waals surface area contributed by atoms with Crippen molar-refractivity contribution in [2.75, 3.05) is 19.7 Å². The second-order valence-corrected chi connectivity index (χ2v) is 6.29. The van der Waals surface area contributed by atoms with Gasteiger partial charge in [0.25, 0.3) is 5.91 Å². The lowest BCUT2D eigenvalue weighted by Gasteiger charge is -2.11. The zero-order valence-corrected chi connectivity index (χ0v) is 15.9. The molecule has 0 unspecified atom stereocenters. The molecule has 138 valence electrons. The smallest absolute Gasteiger partial charge is 0.255 e. The standard InChI is InChI=1S/C19H20Cl2N2O3/c1-2-26-17-6-4-3-5-15(17)19(25)23-12-18(24)22-10-9-13-7-8-14(20)11-16(13)21/h3-8,11H,2,9-10,12H2,1H3,(H,22,24)(H,23,25). The van der Waals surface area contributed by atoms with Gasteiger partial charge in [0, 0.05) is 16.6 Å². The van der Waals surface area contributed by atoms with E-state index in [-0.39, 0.29) is 18.4 Å². The summed E-state index contributed by atoms with van der Waals surface area (Å²) in [6, 6.07) is 12.1. The SMILES string of the molecule is CCOc1ccccc1C(=O)NCC(=O)NCCc1ccc(Cl)cc1Cl. The first-order chi connectivity index (χ1) is 12.5. The number of hydrogen-bond donors (Lipinski definition) is 2. The molecule has 0 spiro atoms. The van der Waals surface area contributed by atoms with Gasteiger partial charge in [0.2, 0.25) is 5.91 Å². The van der Waals surface area contributed by atoms with Crippen molar-refractivity contribution in [1.82, 2.24) is 10.6 Å². The summed E-state index contributed by atoms with van der Waals surface area (Å²) in [7, 11) is 0. The molecule has 0 radical (unpaired) electrons. The first-order valence-corrected chi connectivity index (χ1v) is 8.97. The van der Waals surface area contributed by atoms with E-state index in [1.165, 1.54) is 0 Å². The number of halogens is 2. The minimum absolute atomic E-state index is 0.117. The number of rotatable bonds is 8. The lowest BCUT2D eigenvalue weighted by molar-refractivity contribution is -0.120. The average molecular weight is 395 g/mol. The maximum Gasteiger partial charge on any atom is 0.255 e. The summed E-state index contributed by atoms with van der Waals surface area (Å²) in [4.78, 5) is 24.1. The van der Waals surface area contributed by atoms with Gasteiger partial charge in [-0.3, -0.25) is 9.59 Å². The number of ether oxygens (including phenoxy) is 1. The number of carbonyl (C=O) groups excluding carboxylic acids is 2. The molecule has 0 aromatic heterocycles. The molecule has 2 aromatic rings. The van der Waals surface area contributed by atoms with Crippen LogP contribution in [0.25, 0.3) is 0 Å². The minimum Gasteiger partial charge on any atom is -0.493 e. The Morgan fingerprint density at radius 1 is 1.08 bits per heavy atom. The van der Waals surface area contributed by atoms with Gasteiger partial charge >= 0.3 is 0 Å². The predicted octanol–water partition coefficient (Wildman–Crippen LogP) is 3.48. The third kappa shape index (κ3) is 5.93. The van der Waals surface area contributed by atoms with Gasteiger partial charge in [-0.15, -0.1) is 0 Å². The highest BCUT2D eigenvalue weighted by Crippen LogP contribution is 2.21. The molecule has 5 nitrogen and oxygen atoms in total. The van der Waals surface area contributed by atoms with E-state index < -0.39 is 0 Å². The zero-order valence-electron chi connectivity index (χ0n) is 14.4. The van der Waals surface area contributed by atoms with E-state index in [0.717, 1.165) is 5.56 Å². The monoisotopic (exact) mass is 394 g/mol. The molecular formula is C19H20Cl2N2O3. The van der Waals surface area contributed by atoms with Crippen LogP contribution in [0.5, 0.6) is 5.75 Å². The molecule has 2 amide bonds. The Hall–Kier alpha value is -2.24. The summed E-state index contributed by atoms with van der Waals surface area (Å²) in [6.45, 7) is 2.59. The van der Waals surface area contributed by atoms with Crippen molar-refractivity contribution >= 4 is 35.0 Å². The Bertz CT molecular complexity index is 781. The molecule has 0 fully saturated rings. The van der Waals surface area contributed by atoms with Crippen LogP contribution in [0, 0.1) is 0 Å². The number of carbonyl (C=O) groups is 2. The van der Waals surface area contributed by atoms with E-state index in [0.29, 0.717) is 40.9 Å². The number of benzene rings is 2. The molecule has 2 rings (SSSR count). The van der Waals surface area contributed by atoms with Crippen LogP contribution in [0.2, 0.25) is 10.0 Å². The minimum atomic E-state index is -0.357. The Morgan fingerprint density at radius 3 is 2.58 bits per heavy atom. The average Bonchev–Trinajstić information content (AvgIpc) is 2.62. The first-order valence-electron chi connectivity index (χ1n) is 8.22. The summed E-state index contributed by atoms with van der Waals surface area (Å²) >= 11 is 11.9. The molecule has 7 heteroatoms. The molecular weight excluding hydrogens is 375 g/mol. The van der Waals surface area contributed by atoms with Crippen molar-refractivity contribution < 1.29 is 14.3 Å². The maximum atomic E-state index is 12.2. The fraction of sp³-hybridized carbons (Fsp3) is 0.263. The van der Waals surface area contributed by atoms with Gasteiger partial charge < -0.3 is 15.4 Å². The Labute approximate surface area is 162 Å². The van der Waals surface area contributed by atoms with Crippen LogP contribution in [0.3, 0.4) is 0 Å². The lowest BCUT2D eigenvalue weighted by Crippen LogP contribution is -2.37. The highest BCUT2D eigenvalue weighted by molar-refractivity contribution is 6.35. The fourth-order valence-electron chi connectivity index (χ4n) is 2.31. The van der Waals surface area contributed by atoms with Crippen molar-refractivity contribution in [2.45, 2.75) is 13.3 Å². The largest absolute Gasteiger partial charge is 0.493 e. The molecule has 0 aliphatic rings. The molecule has 2 aromatic carbocycles. The van der Waals surface area contributed by atoms with E-state index in [4.69, 9.17) is 27.9 Å². The topological polar surface area (TPSA) is 67.4 Å². The van der Waals surface area contributed by atoms with Gasteiger partial charge in [-0.25, -0.2) is 0 Å². The number of para-hydroxylation sites is 1. The second kappa shape index (κ2) is 10.0. The third-order valence-electron chi connectivity index (χ3n) is 3.57. The van der Waals surface area contributed by atoms with Crippen LogP contribution in [0.4, 0.5) is 0 Å². The zero-order chi connectivity index (χ0) is 18.9. The van der Waals surface area contributed by atoms with Crippen molar-refractivity contribution in [3.63, 3.8) is 0 Å². The summed E-state index contributed by atoms with van der Waals surface area (Å²) in [5.74, 6) is -0.146. The molecule has 0 atom stereocenters. The third-order valence-corrected chi connectivity index (χ3v) is 4.16. The summed E-state index contributed by atoms with van der Waals surface area (Å²) in [6.07, 6.45) is 0.572. The van der Waals surface area contributed by atoms with Crippen LogP contribution in [-0.4, -0.2) is 31.5 Å². The van der Waals surface area contributed by atoms with Gasteiger partial charge in [0.1, 0.15) is 5.75 Å². The summed E-state index contributed by atoms with van der Waals surface area (Å²) in [5.41, 5.74) is 1.29. The quantitative estimate of drug-likeness (QED) is 0.719. The molecule has 26 heavy (non-hydrogen) atoms. The van der Waals surface area contributed by atoms with Crippen molar-refractivity contribution in [3.05, 3.63) is 63.6 Å². The van der Waals surface area contributed by atoms with Gasteiger partial charge in [-0.2, -0.15) is 0 Å². The van der Waals surface area contributed by atoms with Crippen LogP contribution >= 0.6 is 23.2 Å². The number of amides is 2. The number of nitrogens with one attached hydrogen (secondary N) is 2. The van der Waals surface area contributed by atoms with Crippen molar-refractivity contribution in [2.24, 2.45) is 0 Å². The summed E-state index contributed by atoms with van der Waals surface area (Å²) < 4.78 is 5.42. The van der Waals surface area contributed by atoms with Gasteiger partial charge in [-0.05, 0) is 43.2 Å². The van der Waals surface area contributed by atoms with Crippen LogP contribution in [0.1, 0.15) is 22.8 Å². The van der Waals surface area contributed by atoms with Crippen LogP contribution in [0.15, 0.2) is 42.5 Å². The van der Waals surface area contributed by atoms with E-state index in [9.17, 15) is 9.59 Å². The predicted molar refractivity (Wildman–Crippen MR) is 103 cm³/mol. The highest BCUT2D eigenvalue weighted by atomic mass is 35.5. The van der Waals surface area contributed by atoms with E-state index >= 15 is 0 Å². The Morgan fingerprint density at radius 2 is 1.85 bits per heavy atom. The van der Waals surface area contributed by atoms with Crippen molar-refractivity contribution in [1.29, 1.82) is 0 Å². The Balaban J connectivity index is 1.79. The van der Waals surface area contributed by atoms with E-state index in [2.05, 4.69) is 10.6 Å². The Kier molecular flexibility index (Phi) is 7.75. The van der Waals surface area contributed by atoms with Crippen LogP contribution in [-0.2, 0) is 11.2 Å². The normalized spacial score (nSPS) is 10.3. The van der Waals surface area contributed by atoms with E-state index in [1.54, 1.807) is 36.4 Å².